The molecule has 2 aromatic rings. The molecular formula is C16H9F6N3O. The highest BCUT2D eigenvalue weighted by Gasteiger charge is 2.37. The molecule has 10 heteroatoms. The molecule has 0 saturated carbocycles. The van der Waals surface area contributed by atoms with Crippen molar-refractivity contribution in [1.29, 1.82) is 5.26 Å². The minimum Gasteiger partial charge on any atom is -0.425 e. The minimum absolute atomic E-state index is 0.0194. The number of benzene rings is 2. The Balaban J connectivity index is 2.49. The van der Waals surface area contributed by atoms with Crippen LogP contribution in [0.4, 0.5) is 32.0 Å². The van der Waals surface area contributed by atoms with Gasteiger partial charge >= 0.3 is 18.4 Å². The van der Waals surface area contributed by atoms with Crippen LogP contribution in [0, 0.1) is 11.5 Å². The van der Waals surface area contributed by atoms with Gasteiger partial charge in [0.1, 0.15) is 5.75 Å². The van der Waals surface area contributed by atoms with E-state index in [4.69, 9.17) is 10.00 Å². The van der Waals surface area contributed by atoms with Gasteiger partial charge in [-0.1, -0.05) is 18.2 Å². The molecule has 0 aliphatic rings. The zero-order chi connectivity index (χ0) is 19.4. The van der Waals surface area contributed by atoms with Crippen molar-refractivity contribution in [2.45, 2.75) is 12.4 Å². The van der Waals surface area contributed by atoms with Crippen molar-refractivity contribution >= 4 is 11.7 Å². The van der Waals surface area contributed by atoms with Gasteiger partial charge in [0.15, 0.2) is 6.19 Å². The fourth-order valence-corrected chi connectivity index (χ4v) is 1.84. The van der Waals surface area contributed by atoms with Crippen molar-refractivity contribution in [3.8, 4) is 11.9 Å². The summed E-state index contributed by atoms with van der Waals surface area (Å²) < 4.78 is 82.3. The molecular weight excluding hydrogens is 364 g/mol. The van der Waals surface area contributed by atoms with Gasteiger partial charge in [0, 0.05) is 0 Å². The molecule has 0 atom stereocenters. The SMILES string of the molecule is N#CNC(=Nc1cc(C(F)(F)F)cc(C(F)(F)F)c1)Oc1ccccc1. The van der Waals surface area contributed by atoms with E-state index in [1.807, 2.05) is 5.32 Å². The largest absolute Gasteiger partial charge is 0.425 e. The van der Waals surface area contributed by atoms with Gasteiger partial charge in [0.05, 0.1) is 16.8 Å². The highest BCUT2D eigenvalue weighted by Crippen LogP contribution is 2.38. The zero-order valence-corrected chi connectivity index (χ0v) is 12.7. The molecule has 136 valence electrons. The number of para-hydroxylation sites is 1. The summed E-state index contributed by atoms with van der Waals surface area (Å²) in [7, 11) is 0. The van der Waals surface area contributed by atoms with Crippen LogP contribution < -0.4 is 10.1 Å². The van der Waals surface area contributed by atoms with Crippen molar-refractivity contribution in [2.75, 3.05) is 0 Å². The number of aliphatic imine (C=N–C) groups is 1. The Hall–Kier alpha value is -3.22. The minimum atomic E-state index is -5.01. The molecule has 0 aromatic heterocycles. The van der Waals surface area contributed by atoms with Gasteiger partial charge in [0.2, 0.25) is 0 Å². The summed E-state index contributed by atoms with van der Waals surface area (Å²) in [5.41, 5.74) is -3.73. The second-order valence-electron chi connectivity index (χ2n) is 4.83. The second-order valence-corrected chi connectivity index (χ2v) is 4.83. The number of nitrogens with zero attached hydrogens (tertiary/aromatic N) is 2. The Morgan fingerprint density at radius 2 is 1.46 bits per heavy atom. The van der Waals surface area contributed by atoms with E-state index in [1.165, 1.54) is 18.3 Å². The molecule has 4 nitrogen and oxygen atoms in total. The smallest absolute Gasteiger partial charge is 0.416 e. The third kappa shape index (κ3) is 5.14. The number of nitriles is 1. The number of amidine groups is 1. The molecule has 0 amide bonds. The van der Waals surface area contributed by atoms with Gasteiger partial charge in [-0.25, -0.2) is 5.32 Å². The van der Waals surface area contributed by atoms with E-state index in [1.54, 1.807) is 18.2 Å². The van der Waals surface area contributed by atoms with Crippen molar-refractivity contribution in [1.82, 2.24) is 5.32 Å². The third-order valence-corrected chi connectivity index (χ3v) is 2.92. The summed E-state index contributed by atoms with van der Waals surface area (Å²) in [5, 5.41) is 10.6. The van der Waals surface area contributed by atoms with Crippen LogP contribution in [0.25, 0.3) is 0 Å². The third-order valence-electron chi connectivity index (χ3n) is 2.92. The quantitative estimate of drug-likeness (QED) is 0.269. The van der Waals surface area contributed by atoms with Gasteiger partial charge in [-0.2, -0.15) is 36.6 Å². The Bertz CT molecular complexity index is 806. The van der Waals surface area contributed by atoms with E-state index in [2.05, 4.69) is 4.99 Å². The zero-order valence-electron chi connectivity index (χ0n) is 12.7. The van der Waals surface area contributed by atoms with E-state index in [0.29, 0.717) is 12.1 Å². The highest BCUT2D eigenvalue weighted by atomic mass is 19.4. The number of nitrogens with one attached hydrogen (secondary N) is 1. The maximum absolute atomic E-state index is 12.9. The van der Waals surface area contributed by atoms with Crippen LogP contribution in [0.15, 0.2) is 53.5 Å². The molecule has 0 radical (unpaired) electrons. The molecule has 0 heterocycles. The van der Waals surface area contributed by atoms with Crippen LogP contribution >= 0.6 is 0 Å². The van der Waals surface area contributed by atoms with Crippen molar-refractivity contribution in [2.24, 2.45) is 4.99 Å². The Kier molecular flexibility index (Phi) is 5.40. The normalized spacial score (nSPS) is 12.4. The van der Waals surface area contributed by atoms with Crippen LogP contribution in [0.1, 0.15) is 11.1 Å². The molecule has 0 spiro atoms. The Morgan fingerprint density at radius 3 is 1.92 bits per heavy atom. The monoisotopic (exact) mass is 373 g/mol. The predicted octanol–water partition coefficient (Wildman–Crippen LogP) is 4.86. The van der Waals surface area contributed by atoms with Crippen molar-refractivity contribution in [3.63, 3.8) is 0 Å². The summed E-state index contributed by atoms with van der Waals surface area (Å²) in [6.07, 6.45) is -8.56. The summed E-state index contributed by atoms with van der Waals surface area (Å²) in [5.74, 6) is 0.178. The first kappa shape index (κ1) is 19.1. The first-order valence-electron chi connectivity index (χ1n) is 6.86. The van der Waals surface area contributed by atoms with E-state index in [-0.39, 0.29) is 11.8 Å². The second kappa shape index (κ2) is 7.35. The molecule has 2 rings (SSSR count). The molecule has 0 aliphatic carbocycles. The standard InChI is InChI=1S/C16H9F6N3O/c17-15(18,19)10-6-11(16(20,21)22)8-12(7-10)25-14(24-9-23)26-13-4-2-1-3-5-13/h1-8H,(H,24,25). The summed E-state index contributed by atoms with van der Waals surface area (Å²) in [6, 6.07) is 7.97. The van der Waals surface area contributed by atoms with Crippen molar-refractivity contribution in [3.05, 3.63) is 59.7 Å². The lowest BCUT2D eigenvalue weighted by molar-refractivity contribution is -0.143. The van der Waals surface area contributed by atoms with Gasteiger partial charge < -0.3 is 4.74 Å². The number of hydrogen-bond donors (Lipinski definition) is 1. The molecule has 1 N–H and O–H groups in total. The lowest BCUT2D eigenvalue weighted by Gasteiger charge is -2.13. The maximum atomic E-state index is 12.9. The fraction of sp³-hybridized carbons (Fsp3) is 0.125. The number of hydrogen-bond acceptors (Lipinski definition) is 3. The van der Waals surface area contributed by atoms with E-state index in [0.717, 1.165) is 0 Å². The van der Waals surface area contributed by atoms with Gasteiger partial charge in [-0.05, 0) is 30.3 Å². The fourth-order valence-electron chi connectivity index (χ4n) is 1.84. The summed E-state index contributed by atoms with van der Waals surface area (Å²) in [6.45, 7) is 0. The van der Waals surface area contributed by atoms with Crippen LogP contribution in [0.5, 0.6) is 5.75 Å². The van der Waals surface area contributed by atoms with E-state index in [9.17, 15) is 26.3 Å². The molecule has 0 fully saturated rings. The average Bonchev–Trinajstić information content (AvgIpc) is 2.54. The molecule has 0 aliphatic heterocycles. The topological polar surface area (TPSA) is 57.4 Å². The molecule has 26 heavy (non-hydrogen) atoms. The molecule has 2 aromatic carbocycles. The first-order valence-corrected chi connectivity index (χ1v) is 6.86. The Labute approximate surface area is 143 Å². The number of rotatable bonds is 2. The van der Waals surface area contributed by atoms with Crippen LogP contribution in [0.2, 0.25) is 0 Å². The average molecular weight is 373 g/mol. The van der Waals surface area contributed by atoms with E-state index < -0.39 is 35.2 Å². The Morgan fingerprint density at radius 1 is 0.923 bits per heavy atom. The van der Waals surface area contributed by atoms with Crippen molar-refractivity contribution < 1.29 is 31.1 Å². The van der Waals surface area contributed by atoms with Gasteiger partial charge in [-0.3, -0.25) is 0 Å². The van der Waals surface area contributed by atoms with Gasteiger partial charge in [0.25, 0.3) is 0 Å². The number of alkyl halides is 6. The van der Waals surface area contributed by atoms with Crippen LogP contribution in [0.3, 0.4) is 0 Å². The first-order chi connectivity index (χ1) is 12.1. The number of halogens is 6. The van der Waals surface area contributed by atoms with Gasteiger partial charge in [-0.15, -0.1) is 0 Å². The lowest BCUT2D eigenvalue weighted by atomic mass is 10.1. The summed E-state index contributed by atoms with van der Waals surface area (Å²) >= 11 is 0. The lowest BCUT2D eigenvalue weighted by Crippen LogP contribution is -2.24. The molecule has 0 bridgehead atoms. The molecule has 0 saturated heterocycles. The predicted molar refractivity (Wildman–Crippen MR) is 79.4 cm³/mol. The highest BCUT2D eigenvalue weighted by molar-refractivity contribution is 5.80. The number of ether oxygens (including phenoxy) is 1. The summed E-state index contributed by atoms with van der Waals surface area (Å²) in [4.78, 5) is 3.55. The van der Waals surface area contributed by atoms with Crippen LogP contribution in [-0.4, -0.2) is 6.02 Å². The van der Waals surface area contributed by atoms with Crippen LogP contribution in [-0.2, 0) is 12.4 Å². The molecule has 0 unspecified atom stereocenters. The maximum Gasteiger partial charge on any atom is 0.416 e. The van der Waals surface area contributed by atoms with E-state index >= 15 is 0 Å².